The molecule has 1 aromatic rings. The van der Waals surface area contributed by atoms with E-state index in [2.05, 4.69) is 21.9 Å². The Kier molecular flexibility index (Phi) is 3.21. The summed E-state index contributed by atoms with van der Waals surface area (Å²) in [5.41, 5.74) is 0. The molecule has 0 amide bonds. The van der Waals surface area contributed by atoms with Crippen LogP contribution in [0.4, 0.5) is 0 Å². The van der Waals surface area contributed by atoms with Gasteiger partial charge in [0.05, 0.1) is 0 Å². The van der Waals surface area contributed by atoms with Crippen molar-refractivity contribution in [3.05, 3.63) is 22.6 Å². The number of halogens is 1. The molecule has 2 nitrogen and oxygen atoms in total. The molecule has 0 saturated carbocycles. The van der Waals surface area contributed by atoms with Gasteiger partial charge in [-0.2, -0.15) is 0 Å². The van der Waals surface area contributed by atoms with Gasteiger partial charge in [0.2, 0.25) is 0 Å². The molecule has 0 saturated heterocycles. The Morgan fingerprint density at radius 2 is 2.45 bits per heavy atom. The number of furan rings is 1. The Hall–Kier alpha value is -0.720. The van der Waals surface area contributed by atoms with E-state index in [0.29, 0.717) is 17.9 Å². The Bertz CT molecular complexity index is 259. The van der Waals surface area contributed by atoms with Crippen LogP contribution >= 0.6 is 15.9 Å². The van der Waals surface area contributed by atoms with Gasteiger partial charge in [0.25, 0.3) is 0 Å². The van der Waals surface area contributed by atoms with Gasteiger partial charge < -0.3 is 9.15 Å². The Morgan fingerprint density at radius 3 is 3.00 bits per heavy atom. The van der Waals surface area contributed by atoms with Gasteiger partial charge in [-0.15, -0.1) is 6.42 Å². The van der Waals surface area contributed by atoms with Gasteiger partial charge in [0, 0.05) is 0 Å². The molecule has 0 unspecified atom stereocenters. The predicted molar refractivity (Wildman–Crippen MR) is 44.9 cm³/mol. The molecular weight excluding hydrogens is 208 g/mol. The highest BCUT2D eigenvalue weighted by atomic mass is 79.9. The summed E-state index contributed by atoms with van der Waals surface area (Å²) >= 11 is 3.18. The first-order chi connectivity index (χ1) is 5.33. The first kappa shape index (κ1) is 8.38. The predicted octanol–water partition coefficient (Wildman–Crippen LogP) is 2.19. The number of hydrogen-bond acceptors (Lipinski definition) is 2. The minimum Gasteiger partial charge on any atom is -0.452 e. The summed E-state index contributed by atoms with van der Waals surface area (Å²) in [5.74, 6) is 3.14. The fraction of sp³-hybridized carbons (Fsp3) is 0.250. The van der Waals surface area contributed by atoms with E-state index >= 15 is 0 Å². The molecule has 0 spiro atoms. The lowest BCUT2D eigenvalue weighted by Crippen LogP contribution is -1.90. The zero-order chi connectivity index (χ0) is 8.10. The Morgan fingerprint density at radius 1 is 1.64 bits per heavy atom. The average Bonchev–Trinajstić information content (AvgIpc) is 2.37. The second-order valence-corrected chi connectivity index (χ2v) is 2.68. The molecule has 0 fully saturated rings. The summed E-state index contributed by atoms with van der Waals surface area (Å²) in [4.78, 5) is 0. The van der Waals surface area contributed by atoms with Crippen molar-refractivity contribution in [2.75, 3.05) is 6.61 Å². The van der Waals surface area contributed by atoms with Crippen LogP contribution in [0.1, 0.15) is 5.76 Å². The van der Waals surface area contributed by atoms with Crippen LogP contribution in [-0.4, -0.2) is 6.61 Å². The van der Waals surface area contributed by atoms with E-state index in [1.807, 2.05) is 12.1 Å². The Labute approximate surface area is 73.7 Å². The summed E-state index contributed by atoms with van der Waals surface area (Å²) in [6.45, 7) is 0.744. The van der Waals surface area contributed by atoms with Crippen molar-refractivity contribution in [1.29, 1.82) is 0 Å². The smallest absolute Gasteiger partial charge is 0.169 e. The summed E-state index contributed by atoms with van der Waals surface area (Å²) < 4.78 is 10.9. The van der Waals surface area contributed by atoms with Crippen LogP contribution in [0.25, 0.3) is 0 Å². The molecule has 0 bridgehead atoms. The maximum atomic E-state index is 5.15. The van der Waals surface area contributed by atoms with E-state index in [9.17, 15) is 0 Å². The van der Waals surface area contributed by atoms with Crippen LogP contribution < -0.4 is 0 Å². The van der Waals surface area contributed by atoms with Crippen LogP contribution in [0.2, 0.25) is 0 Å². The Balaban J connectivity index is 2.34. The maximum absolute atomic E-state index is 5.15. The number of hydrogen-bond donors (Lipinski definition) is 0. The standard InChI is InChI=1S/C8H7BrO2/c1-2-5-10-6-7-3-4-8(9)11-7/h1,3-4H,5-6H2. The highest BCUT2D eigenvalue weighted by molar-refractivity contribution is 9.10. The molecule has 11 heavy (non-hydrogen) atoms. The second-order valence-electron chi connectivity index (χ2n) is 1.90. The molecule has 1 aromatic heterocycles. The molecule has 0 aliphatic carbocycles. The third-order valence-corrected chi connectivity index (χ3v) is 1.48. The molecule has 0 N–H and O–H groups in total. The molecule has 0 radical (unpaired) electrons. The third-order valence-electron chi connectivity index (χ3n) is 1.06. The van der Waals surface area contributed by atoms with Crippen molar-refractivity contribution >= 4 is 15.9 Å². The van der Waals surface area contributed by atoms with Gasteiger partial charge in [0.1, 0.15) is 19.0 Å². The van der Waals surface area contributed by atoms with E-state index < -0.39 is 0 Å². The molecule has 58 valence electrons. The topological polar surface area (TPSA) is 22.4 Å². The van der Waals surface area contributed by atoms with Crippen LogP contribution in [0.15, 0.2) is 21.2 Å². The highest BCUT2D eigenvalue weighted by Gasteiger charge is 1.97. The SMILES string of the molecule is C#CCOCc1ccc(Br)o1. The fourth-order valence-corrected chi connectivity index (χ4v) is 0.980. The van der Waals surface area contributed by atoms with Gasteiger partial charge in [-0.25, -0.2) is 0 Å². The van der Waals surface area contributed by atoms with E-state index in [-0.39, 0.29) is 0 Å². The molecule has 0 aliphatic heterocycles. The molecule has 0 aliphatic rings. The lowest BCUT2D eigenvalue weighted by Gasteiger charge is -1.94. The normalized spacial score (nSPS) is 9.45. The largest absolute Gasteiger partial charge is 0.452 e. The number of ether oxygens (including phenoxy) is 1. The quantitative estimate of drug-likeness (QED) is 0.569. The third kappa shape index (κ3) is 2.79. The van der Waals surface area contributed by atoms with Crippen molar-refractivity contribution in [2.45, 2.75) is 6.61 Å². The molecule has 3 heteroatoms. The fourth-order valence-electron chi connectivity index (χ4n) is 0.640. The van der Waals surface area contributed by atoms with E-state index in [0.717, 1.165) is 5.76 Å². The summed E-state index contributed by atoms with van der Waals surface area (Å²) in [6.07, 6.45) is 4.98. The first-order valence-electron chi connectivity index (χ1n) is 3.08. The molecule has 1 rings (SSSR count). The van der Waals surface area contributed by atoms with E-state index in [1.165, 1.54) is 0 Å². The van der Waals surface area contributed by atoms with Crippen LogP contribution in [-0.2, 0) is 11.3 Å². The van der Waals surface area contributed by atoms with Crippen LogP contribution in [0.3, 0.4) is 0 Å². The van der Waals surface area contributed by atoms with Gasteiger partial charge in [-0.05, 0) is 28.1 Å². The van der Waals surface area contributed by atoms with Crippen molar-refractivity contribution in [3.63, 3.8) is 0 Å². The van der Waals surface area contributed by atoms with Gasteiger partial charge in [0.15, 0.2) is 4.67 Å². The lowest BCUT2D eigenvalue weighted by atomic mass is 10.5. The molecule has 1 heterocycles. The van der Waals surface area contributed by atoms with Crippen molar-refractivity contribution in [3.8, 4) is 12.3 Å². The van der Waals surface area contributed by atoms with E-state index in [4.69, 9.17) is 15.6 Å². The van der Waals surface area contributed by atoms with Crippen molar-refractivity contribution < 1.29 is 9.15 Å². The summed E-state index contributed by atoms with van der Waals surface area (Å²) in [7, 11) is 0. The monoisotopic (exact) mass is 214 g/mol. The minimum atomic E-state index is 0.318. The molecular formula is C8H7BrO2. The second kappa shape index (κ2) is 4.22. The molecule has 0 atom stereocenters. The van der Waals surface area contributed by atoms with Crippen molar-refractivity contribution in [1.82, 2.24) is 0 Å². The number of rotatable bonds is 3. The van der Waals surface area contributed by atoms with Gasteiger partial charge in [-0.1, -0.05) is 5.92 Å². The van der Waals surface area contributed by atoms with Crippen LogP contribution in [0, 0.1) is 12.3 Å². The minimum absolute atomic E-state index is 0.318. The van der Waals surface area contributed by atoms with Gasteiger partial charge in [-0.3, -0.25) is 0 Å². The van der Waals surface area contributed by atoms with Gasteiger partial charge >= 0.3 is 0 Å². The van der Waals surface area contributed by atoms with Crippen molar-refractivity contribution in [2.24, 2.45) is 0 Å². The summed E-state index contributed by atoms with van der Waals surface area (Å²) in [5, 5.41) is 0. The first-order valence-corrected chi connectivity index (χ1v) is 3.87. The summed E-state index contributed by atoms with van der Waals surface area (Å²) in [6, 6.07) is 3.65. The zero-order valence-corrected chi connectivity index (χ0v) is 7.43. The van der Waals surface area contributed by atoms with E-state index in [1.54, 1.807) is 0 Å². The van der Waals surface area contributed by atoms with Crippen LogP contribution in [0.5, 0.6) is 0 Å². The maximum Gasteiger partial charge on any atom is 0.169 e. The molecule has 0 aromatic carbocycles. The lowest BCUT2D eigenvalue weighted by molar-refractivity contribution is 0.135. The highest BCUT2D eigenvalue weighted by Crippen LogP contribution is 2.14. The number of terminal acetylenes is 1. The zero-order valence-electron chi connectivity index (χ0n) is 5.84. The average molecular weight is 215 g/mol.